The molecular weight excluding hydrogens is 329 g/mol. The van der Waals surface area contributed by atoms with Gasteiger partial charge in [-0.15, -0.1) is 0 Å². The molecule has 0 N–H and O–H groups in total. The lowest BCUT2D eigenvalue weighted by Gasteiger charge is -2.10. The molecule has 4 nitrogen and oxygen atoms in total. The van der Waals surface area contributed by atoms with Gasteiger partial charge in [-0.25, -0.2) is 4.39 Å². The summed E-state index contributed by atoms with van der Waals surface area (Å²) in [4.78, 5) is 25.0. The molecule has 0 unspecified atom stereocenters. The van der Waals surface area contributed by atoms with Crippen molar-refractivity contribution in [1.29, 1.82) is 0 Å². The van der Waals surface area contributed by atoms with Crippen molar-refractivity contribution < 1.29 is 18.7 Å². The monoisotopic (exact) mass is 343 g/mol. The standard InChI is InChI=1S/C18H14FNO3S/c1-20-17(21)16(24-18(20)22)10-12-6-3-5-9-15(12)23-11-13-7-2-4-8-14(13)19/h2-10H,11H2,1H3/b16-10-. The maximum absolute atomic E-state index is 13.7. The molecule has 1 aliphatic rings. The topological polar surface area (TPSA) is 46.6 Å². The molecular formula is C18H14FNO3S. The van der Waals surface area contributed by atoms with E-state index in [4.69, 9.17) is 4.74 Å². The van der Waals surface area contributed by atoms with Crippen LogP contribution in [0.25, 0.3) is 6.08 Å². The second kappa shape index (κ2) is 6.88. The van der Waals surface area contributed by atoms with Gasteiger partial charge in [0.05, 0.1) is 4.91 Å². The fraction of sp³-hybridized carbons (Fsp3) is 0.111. The fourth-order valence-electron chi connectivity index (χ4n) is 2.19. The van der Waals surface area contributed by atoms with Gasteiger partial charge in [-0.1, -0.05) is 36.4 Å². The molecule has 0 aliphatic carbocycles. The van der Waals surface area contributed by atoms with Crippen molar-refractivity contribution in [3.05, 3.63) is 70.4 Å². The number of para-hydroxylation sites is 1. The maximum Gasteiger partial charge on any atom is 0.293 e. The van der Waals surface area contributed by atoms with E-state index < -0.39 is 0 Å². The Morgan fingerprint density at radius 1 is 1.12 bits per heavy atom. The van der Waals surface area contributed by atoms with Crippen LogP contribution in [0, 0.1) is 5.82 Å². The molecule has 3 rings (SSSR count). The number of amides is 2. The number of likely N-dealkylation sites (N-methyl/N-ethyl adjacent to an activating group) is 1. The van der Waals surface area contributed by atoms with Gasteiger partial charge >= 0.3 is 0 Å². The highest BCUT2D eigenvalue weighted by atomic mass is 32.2. The van der Waals surface area contributed by atoms with Gasteiger partial charge in [0.25, 0.3) is 11.1 Å². The number of hydrogen-bond acceptors (Lipinski definition) is 4. The molecule has 24 heavy (non-hydrogen) atoms. The van der Waals surface area contributed by atoms with E-state index in [-0.39, 0.29) is 23.6 Å². The number of thioether (sulfide) groups is 1. The minimum absolute atomic E-state index is 0.0762. The van der Waals surface area contributed by atoms with Gasteiger partial charge in [-0.3, -0.25) is 14.5 Å². The lowest BCUT2D eigenvalue weighted by Crippen LogP contribution is -2.22. The number of carbonyl (C=O) groups is 2. The number of imide groups is 1. The quantitative estimate of drug-likeness (QED) is 0.785. The zero-order chi connectivity index (χ0) is 17.1. The molecule has 122 valence electrons. The van der Waals surface area contributed by atoms with Crippen molar-refractivity contribution in [2.75, 3.05) is 7.05 Å². The van der Waals surface area contributed by atoms with Crippen molar-refractivity contribution in [3.63, 3.8) is 0 Å². The smallest absolute Gasteiger partial charge is 0.293 e. The summed E-state index contributed by atoms with van der Waals surface area (Å²) in [6, 6.07) is 13.5. The predicted octanol–water partition coefficient (Wildman–Crippen LogP) is 4.07. The Morgan fingerprint density at radius 3 is 2.54 bits per heavy atom. The van der Waals surface area contributed by atoms with E-state index in [9.17, 15) is 14.0 Å². The molecule has 1 aliphatic heterocycles. The summed E-state index contributed by atoms with van der Waals surface area (Å²) in [7, 11) is 1.44. The van der Waals surface area contributed by atoms with Crippen LogP contribution < -0.4 is 4.74 Å². The van der Waals surface area contributed by atoms with Gasteiger partial charge in [-0.05, 0) is 30.0 Å². The van der Waals surface area contributed by atoms with E-state index in [0.29, 0.717) is 21.8 Å². The first-order valence-corrected chi connectivity index (χ1v) is 8.04. The first kappa shape index (κ1) is 16.3. The highest BCUT2D eigenvalue weighted by Crippen LogP contribution is 2.33. The number of rotatable bonds is 4. The summed E-state index contributed by atoms with van der Waals surface area (Å²) in [6.45, 7) is 0.0762. The lowest BCUT2D eigenvalue weighted by atomic mass is 10.1. The average molecular weight is 343 g/mol. The Bertz CT molecular complexity index is 835. The van der Waals surface area contributed by atoms with E-state index in [1.807, 2.05) is 0 Å². The molecule has 1 heterocycles. The Kier molecular flexibility index (Phi) is 4.66. The van der Waals surface area contributed by atoms with Gasteiger partial charge in [0.2, 0.25) is 0 Å². The normalized spacial score (nSPS) is 16.1. The number of carbonyl (C=O) groups excluding carboxylic acids is 2. The van der Waals surface area contributed by atoms with Crippen LogP contribution >= 0.6 is 11.8 Å². The minimum Gasteiger partial charge on any atom is -0.488 e. The van der Waals surface area contributed by atoms with E-state index in [1.165, 1.54) is 13.1 Å². The van der Waals surface area contributed by atoms with E-state index in [0.717, 1.165) is 16.7 Å². The molecule has 0 atom stereocenters. The molecule has 6 heteroatoms. The van der Waals surface area contributed by atoms with Gasteiger partial charge in [0.1, 0.15) is 18.2 Å². The summed E-state index contributed by atoms with van der Waals surface area (Å²) in [5.74, 6) is -0.153. The van der Waals surface area contributed by atoms with Crippen LogP contribution in [-0.4, -0.2) is 23.1 Å². The third kappa shape index (κ3) is 3.33. The number of halogens is 1. The number of nitrogens with zero attached hydrogens (tertiary/aromatic N) is 1. The molecule has 0 saturated carbocycles. The third-order valence-corrected chi connectivity index (χ3v) is 4.49. The zero-order valence-electron chi connectivity index (χ0n) is 12.9. The van der Waals surface area contributed by atoms with Gasteiger partial charge in [0, 0.05) is 18.2 Å². The minimum atomic E-state index is -0.339. The first-order chi connectivity index (χ1) is 11.6. The van der Waals surface area contributed by atoms with Crippen molar-refractivity contribution in [1.82, 2.24) is 4.90 Å². The number of hydrogen-bond donors (Lipinski definition) is 0. The second-order valence-electron chi connectivity index (χ2n) is 5.16. The molecule has 2 amide bonds. The van der Waals surface area contributed by atoms with Crippen LogP contribution in [0.4, 0.5) is 9.18 Å². The summed E-state index contributed by atoms with van der Waals surface area (Å²) >= 11 is 0.885. The zero-order valence-corrected chi connectivity index (χ0v) is 13.7. The summed E-state index contributed by atoms with van der Waals surface area (Å²) in [5, 5.41) is -0.309. The van der Waals surface area contributed by atoms with Crippen molar-refractivity contribution in [2.24, 2.45) is 0 Å². The lowest BCUT2D eigenvalue weighted by molar-refractivity contribution is -0.121. The van der Waals surface area contributed by atoms with Gasteiger partial charge in [0.15, 0.2) is 0 Å². The highest BCUT2D eigenvalue weighted by Gasteiger charge is 2.31. The molecule has 0 bridgehead atoms. The second-order valence-corrected chi connectivity index (χ2v) is 6.15. The first-order valence-electron chi connectivity index (χ1n) is 7.23. The van der Waals surface area contributed by atoms with Crippen LogP contribution in [0.1, 0.15) is 11.1 Å². The Balaban J connectivity index is 1.83. The van der Waals surface area contributed by atoms with Gasteiger partial charge in [-0.2, -0.15) is 0 Å². The van der Waals surface area contributed by atoms with Crippen LogP contribution in [0.5, 0.6) is 5.75 Å². The predicted molar refractivity (Wildman–Crippen MR) is 90.9 cm³/mol. The fourth-order valence-corrected chi connectivity index (χ4v) is 3.01. The third-order valence-electron chi connectivity index (χ3n) is 3.53. The average Bonchev–Trinajstić information content (AvgIpc) is 2.82. The van der Waals surface area contributed by atoms with Crippen LogP contribution in [0.15, 0.2) is 53.4 Å². The van der Waals surface area contributed by atoms with E-state index >= 15 is 0 Å². The number of ether oxygens (including phenoxy) is 1. The Labute approximate surface area is 142 Å². The van der Waals surface area contributed by atoms with E-state index in [1.54, 1.807) is 48.5 Å². The molecule has 2 aromatic carbocycles. The highest BCUT2D eigenvalue weighted by molar-refractivity contribution is 8.18. The summed E-state index contributed by atoms with van der Waals surface area (Å²) in [6.07, 6.45) is 1.62. The number of benzene rings is 2. The van der Waals surface area contributed by atoms with Crippen LogP contribution in [-0.2, 0) is 11.4 Å². The molecule has 0 radical (unpaired) electrons. The maximum atomic E-state index is 13.7. The van der Waals surface area contributed by atoms with Crippen molar-refractivity contribution in [2.45, 2.75) is 6.61 Å². The summed E-state index contributed by atoms with van der Waals surface area (Å²) < 4.78 is 19.4. The van der Waals surface area contributed by atoms with Crippen LogP contribution in [0.2, 0.25) is 0 Å². The SMILES string of the molecule is CN1C(=O)S/C(=C\c2ccccc2OCc2ccccc2F)C1=O. The molecule has 1 fully saturated rings. The largest absolute Gasteiger partial charge is 0.488 e. The molecule has 1 saturated heterocycles. The Hall–Kier alpha value is -2.60. The van der Waals surface area contributed by atoms with Crippen molar-refractivity contribution in [3.8, 4) is 5.75 Å². The molecule has 0 spiro atoms. The van der Waals surface area contributed by atoms with Gasteiger partial charge < -0.3 is 4.74 Å². The van der Waals surface area contributed by atoms with Crippen LogP contribution in [0.3, 0.4) is 0 Å². The van der Waals surface area contributed by atoms with E-state index in [2.05, 4.69) is 0 Å². The Morgan fingerprint density at radius 2 is 1.83 bits per heavy atom. The van der Waals surface area contributed by atoms with Crippen molar-refractivity contribution >= 4 is 29.0 Å². The summed E-state index contributed by atoms with van der Waals surface area (Å²) in [5.41, 5.74) is 1.11. The molecule has 2 aromatic rings. The molecule has 0 aromatic heterocycles.